The van der Waals surface area contributed by atoms with Crippen LogP contribution >= 0.6 is 0 Å². The maximum Gasteiger partial charge on any atom is 0.0907 e. The molecule has 4 aromatic heterocycles. The number of nitrogens with one attached hydrogen (secondary N) is 2. The Morgan fingerprint density at radius 3 is 0.780 bits per heavy atom. The number of nitrogens with zero attached hydrogens (tertiary/aromatic N) is 8. The quantitative estimate of drug-likeness (QED) is 0.241. The minimum atomic E-state index is 0. The van der Waals surface area contributed by atoms with Crippen LogP contribution in [-0.2, 0) is 20.4 Å². The summed E-state index contributed by atoms with van der Waals surface area (Å²) in [4.78, 5) is 25.8. The Kier molecular flexibility index (Phi) is 15.5. The van der Waals surface area contributed by atoms with Crippen LogP contribution in [0, 0.1) is 0 Å². The standard InChI is InChI=1S/2C14H18N4.C2H6N2.Re/c2*1-17(2)11-5-7-15-13(9-11)14-10-12(18(3)4)6-8-16-14;3-1-2-4;/h2*5-10H,1-4H3;3-4H,1-2H2;/q;;-2;. The van der Waals surface area contributed by atoms with Gasteiger partial charge >= 0.3 is 0 Å². The molecule has 0 aromatic carbocycles. The molecule has 1 radical (unpaired) electrons. The van der Waals surface area contributed by atoms with Gasteiger partial charge in [0.25, 0.3) is 0 Å². The molecular formula is C30H42N10Re-2. The van der Waals surface area contributed by atoms with Crippen LogP contribution in [0.5, 0.6) is 0 Å². The van der Waals surface area contributed by atoms with E-state index < -0.39 is 0 Å². The maximum absolute atomic E-state index is 6.26. The van der Waals surface area contributed by atoms with E-state index in [1.807, 2.05) is 130 Å². The summed E-state index contributed by atoms with van der Waals surface area (Å²) in [5.41, 5.74) is 20.6. The molecule has 0 bridgehead atoms. The molecule has 10 nitrogen and oxygen atoms in total. The third-order valence-electron chi connectivity index (χ3n) is 5.69. The number of hydrogen-bond donors (Lipinski definition) is 0. The van der Waals surface area contributed by atoms with Gasteiger partial charge in [0.2, 0.25) is 0 Å². The maximum atomic E-state index is 6.26. The Morgan fingerprint density at radius 1 is 0.439 bits per heavy atom. The second kappa shape index (κ2) is 17.9. The monoisotopic (exact) mass is 729 g/mol. The van der Waals surface area contributed by atoms with Crippen LogP contribution in [0.4, 0.5) is 22.7 Å². The molecule has 0 saturated heterocycles. The first-order chi connectivity index (χ1) is 19.1. The molecule has 0 unspecified atom stereocenters. The zero-order valence-electron chi connectivity index (χ0n) is 25.3. The van der Waals surface area contributed by atoms with Crippen molar-refractivity contribution < 1.29 is 20.4 Å². The summed E-state index contributed by atoms with van der Waals surface area (Å²) in [5.74, 6) is 0. The third kappa shape index (κ3) is 11.4. The number of aromatic nitrogens is 4. The predicted octanol–water partition coefficient (Wildman–Crippen LogP) is 5.64. The average Bonchev–Trinajstić information content (AvgIpc) is 2.97. The van der Waals surface area contributed by atoms with Crippen molar-refractivity contribution in [2.75, 3.05) is 89.1 Å². The van der Waals surface area contributed by atoms with Crippen LogP contribution in [0.3, 0.4) is 0 Å². The fourth-order valence-electron chi connectivity index (χ4n) is 3.35. The van der Waals surface area contributed by atoms with E-state index in [1.165, 1.54) is 0 Å². The zero-order valence-corrected chi connectivity index (χ0v) is 28.0. The largest absolute Gasteiger partial charge is 0.679 e. The summed E-state index contributed by atoms with van der Waals surface area (Å²) >= 11 is 0. The van der Waals surface area contributed by atoms with Crippen molar-refractivity contribution >= 4 is 22.7 Å². The van der Waals surface area contributed by atoms with E-state index in [0.717, 1.165) is 45.5 Å². The van der Waals surface area contributed by atoms with Gasteiger partial charge < -0.3 is 31.1 Å². The van der Waals surface area contributed by atoms with Gasteiger partial charge in [-0.2, -0.15) is 13.1 Å². The van der Waals surface area contributed by atoms with Gasteiger partial charge in [-0.1, -0.05) is 0 Å². The number of rotatable bonds is 7. The first-order valence-corrected chi connectivity index (χ1v) is 12.9. The number of hydrogen-bond acceptors (Lipinski definition) is 8. The fraction of sp³-hybridized carbons (Fsp3) is 0.333. The molecule has 0 atom stereocenters. The van der Waals surface area contributed by atoms with Gasteiger partial charge in [0, 0.05) is 124 Å². The van der Waals surface area contributed by atoms with E-state index in [4.69, 9.17) is 11.5 Å². The van der Waals surface area contributed by atoms with E-state index in [1.54, 1.807) is 0 Å². The summed E-state index contributed by atoms with van der Waals surface area (Å²) in [6, 6.07) is 16.1. The summed E-state index contributed by atoms with van der Waals surface area (Å²) < 4.78 is 0. The summed E-state index contributed by atoms with van der Waals surface area (Å²) in [5, 5.41) is 0. The van der Waals surface area contributed by atoms with Gasteiger partial charge in [0.05, 0.1) is 22.8 Å². The number of anilines is 4. The minimum absolute atomic E-state index is 0. The second-order valence-corrected chi connectivity index (χ2v) is 9.67. The summed E-state index contributed by atoms with van der Waals surface area (Å²) in [6.45, 7) is 0.472. The van der Waals surface area contributed by atoms with E-state index in [2.05, 4.69) is 39.5 Å². The molecule has 0 amide bonds. The van der Waals surface area contributed by atoms with Crippen LogP contribution in [-0.4, -0.2) is 89.4 Å². The van der Waals surface area contributed by atoms with Gasteiger partial charge in [0.1, 0.15) is 0 Å². The SMILES string of the molecule is CN(C)c1ccnc(-c2cc(N(C)C)ccn2)c1.CN(C)c1ccnc(-c2cc(N(C)C)ccn2)c1.[NH-]CC[NH-].[Re]. The normalized spacial score (nSPS) is 9.71. The van der Waals surface area contributed by atoms with E-state index >= 15 is 0 Å². The molecule has 0 fully saturated rings. The molecule has 0 aliphatic heterocycles. The molecule has 4 rings (SSSR count). The average molecular weight is 729 g/mol. The third-order valence-corrected chi connectivity index (χ3v) is 5.69. The molecule has 221 valence electrons. The van der Waals surface area contributed by atoms with E-state index in [9.17, 15) is 0 Å². The molecule has 41 heavy (non-hydrogen) atoms. The van der Waals surface area contributed by atoms with Crippen LogP contribution in [0.2, 0.25) is 0 Å². The Balaban J connectivity index is 0.000000355. The summed E-state index contributed by atoms with van der Waals surface area (Å²) in [7, 11) is 16.1. The molecule has 0 aliphatic rings. The van der Waals surface area contributed by atoms with Gasteiger partial charge in [-0.25, -0.2) is 0 Å². The molecule has 4 heterocycles. The van der Waals surface area contributed by atoms with Crippen LogP contribution < -0.4 is 19.6 Å². The zero-order chi connectivity index (χ0) is 29.7. The molecule has 2 N–H and O–H groups in total. The van der Waals surface area contributed by atoms with Crippen molar-refractivity contribution in [1.82, 2.24) is 19.9 Å². The van der Waals surface area contributed by atoms with Crippen molar-refractivity contribution in [3.63, 3.8) is 0 Å². The van der Waals surface area contributed by atoms with Gasteiger partial charge in [-0.05, 0) is 48.5 Å². The molecule has 4 aromatic rings. The second-order valence-electron chi connectivity index (χ2n) is 9.67. The molecule has 0 aliphatic carbocycles. The van der Waals surface area contributed by atoms with E-state index in [-0.39, 0.29) is 33.5 Å². The van der Waals surface area contributed by atoms with Crippen molar-refractivity contribution in [2.45, 2.75) is 0 Å². The van der Waals surface area contributed by atoms with Gasteiger partial charge in [0.15, 0.2) is 0 Å². The first-order valence-electron chi connectivity index (χ1n) is 12.9. The Hall–Kier alpha value is -3.62. The van der Waals surface area contributed by atoms with Crippen molar-refractivity contribution in [1.29, 1.82) is 0 Å². The Labute approximate surface area is 259 Å². The van der Waals surface area contributed by atoms with Gasteiger partial charge in [-0.3, -0.25) is 19.9 Å². The molecular weight excluding hydrogens is 687 g/mol. The predicted molar refractivity (Wildman–Crippen MR) is 171 cm³/mol. The van der Waals surface area contributed by atoms with Crippen LogP contribution in [0.1, 0.15) is 0 Å². The first kappa shape index (κ1) is 35.4. The summed E-state index contributed by atoms with van der Waals surface area (Å²) in [6.07, 6.45) is 7.26. The smallest absolute Gasteiger partial charge is 0.0907 e. The minimum Gasteiger partial charge on any atom is -0.679 e. The topological polar surface area (TPSA) is 112 Å². The van der Waals surface area contributed by atoms with Crippen molar-refractivity contribution in [2.24, 2.45) is 0 Å². The Morgan fingerprint density at radius 2 is 0.634 bits per heavy atom. The fourth-order valence-corrected chi connectivity index (χ4v) is 3.35. The van der Waals surface area contributed by atoms with Crippen molar-refractivity contribution in [3.8, 4) is 22.8 Å². The molecule has 0 saturated carbocycles. The Bertz CT molecular complexity index is 1110. The molecule has 0 spiro atoms. The molecule has 11 heteroatoms. The van der Waals surface area contributed by atoms with Gasteiger partial charge in [-0.15, -0.1) is 0 Å². The van der Waals surface area contributed by atoms with Crippen LogP contribution in [0.25, 0.3) is 34.2 Å². The van der Waals surface area contributed by atoms with E-state index in [0.29, 0.717) is 0 Å². The van der Waals surface area contributed by atoms with Crippen LogP contribution in [0.15, 0.2) is 73.3 Å². The number of pyridine rings is 4. The van der Waals surface area contributed by atoms with Crippen molar-refractivity contribution in [3.05, 3.63) is 84.8 Å².